The molecule has 0 unspecified atom stereocenters. The number of nitrogens with zero attached hydrogens (tertiary/aromatic N) is 2. The number of halogens is 4. The van der Waals surface area contributed by atoms with E-state index < -0.39 is 20.8 Å². The molecule has 0 aliphatic carbocycles. The molecule has 1 fully saturated rings. The van der Waals surface area contributed by atoms with Gasteiger partial charge in [-0.3, -0.25) is 4.79 Å². The lowest BCUT2D eigenvalue weighted by Crippen LogP contribution is -2.40. The van der Waals surface area contributed by atoms with Crippen LogP contribution in [0.3, 0.4) is 0 Å². The lowest BCUT2D eigenvalue weighted by atomic mass is 10.1. The maximum atomic E-state index is 13.4. The summed E-state index contributed by atoms with van der Waals surface area (Å²) < 4.78 is 39.0. The Labute approximate surface area is 215 Å². The molecule has 3 aromatic rings. The van der Waals surface area contributed by atoms with Crippen LogP contribution < -0.4 is 5.32 Å². The van der Waals surface area contributed by atoms with Crippen molar-refractivity contribution in [1.29, 1.82) is 0 Å². The van der Waals surface area contributed by atoms with Gasteiger partial charge in [0, 0.05) is 36.0 Å². The second-order valence-electron chi connectivity index (χ2n) is 7.19. The fourth-order valence-electron chi connectivity index (χ4n) is 3.41. The number of hydrogen-bond donors (Lipinski definition) is 1. The Morgan fingerprint density at radius 2 is 1.74 bits per heavy atom. The SMILES string of the molecule is O=C(Nc1ccc(S(=O)(=O)N2CCOCC2)c(-c2cc(-c3c(Cl)cccc3Cl)no2)c1)C(Cl)Cl. The molecular formula is C21H17Cl4N3O5S. The summed E-state index contributed by atoms with van der Waals surface area (Å²) >= 11 is 23.8. The van der Waals surface area contributed by atoms with Crippen molar-refractivity contribution in [2.24, 2.45) is 0 Å². The topological polar surface area (TPSA) is 102 Å². The highest BCUT2D eigenvalue weighted by molar-refractivity contribution is 7.89. The van der Waals surface area contributed by atoms with E-state index in [0.29, 0.717) is 21.3 Å². The van der Waals surface area contributed by atoms with Gasteiger partial charge in [-0.1, -0.05) is 57.6 Å². The number of amides is 1. The van der Waals surface area contributed by atoms with E-state index in [4.69, 9.17) is 55.7 Å². The minimum atomic E-state index is -3.93. The van der Waals surface area contributed by atoms with Gasteiger partial charge in [0.1, 0.15) is 5.69 Å². The average molecular weight is 565 g/mol. The van der Waals surface area contributed by atoms with Gasteiger partial charge < -0.3 is 14.6 Å². The van der Waals surface area contributed by atoms with E-state index in [1.54, 1.807) is 18.2 Å². The molecule has 8 nitrogen and oxygen atoms in total. The summed E-state index contributed by atoms with van der Waals surface area (Å²) in [5.74, 6) is -0.540. The van der Waals surface area contributed by atoms with Crippen LogP contribution in [0.4, 0.5) is 5.69 Å². The van der Waals surface area contributed by atoms with E-state index in [2.05, 4.69) is 10.5 Å². The summed E-state index contributed by atoms with van der Waals surface area (Å²) in [4.78, 5) is 10.6. The number of hydrogen-bond acceptors (Lipinski definition) is 6. The fraction of sp³-hybridized carbons (Fsp3) is 0.238. The zero-order valence-corrected chi connectivity index (χ0v) is 21.1. The van der Waals surface area contributed by atoms with Crippen LogP contribution >= 0.6 is 46.4 Å². The largest absolute Gasteiger partial charge is 0.379 e. The molecule has 1 aliphatic rings. The van der Waals surface area contributed by atoms with Crippen LogP contribution in [-0.4, -0.2) is 54.9 Å². The highest BCUT2D eigenvalue weighted by atomic mass is 35.5. The van der Waals surface area contributed by atoms with Gasteiger partial charge >= 0.3 is 0 Å². The Bertz CT molecular complexity index is 1300. The molecule has 0 bridgehead atoms. The highest BCUT2D eigenvalue weighted by Crippen LogP contribution is 2.38. The van der Waals surface area contributed by atoms with Gasteiger partial charge in [-0.05, 0) is 30.3 Å². The van der Waals surface area contributed by atoms with E-state index in [0.717, 1.165) is 0 Å². The lowest BCUT2D eigenvalue weighted by Gasteiger charge is -2.26. The molecule has 0 atom stereocenters. The van der Waals surface area contributed by atoms with Crippen LogP contribution in [0.25, 0.3) is 22.6 Å². The van der Waals surface area contributed by atoms with Gasteiger partial charge in [0.2, 0.25) is 10.0 Å². The molecule has 2 heterocycles. The fourth-order valence-corrected chi connectivity index (χ4v) is 5.70. The third-order valence-corrected chi connectivity index (χ3v) is 8.01. The number of aromatic nitrogens is 1. The molecule has 1 amide bonds. The molecule has 0 saturated carbocycles. The highest BCUT2D eigenvalue weighted by Gasteiger charge is 2.30. The number of sulfonamides is 1. The van der Waals surface area contributed by atoms with Gasteiger partial charge in [-0.25, -0.2) is 8.42 Å². The molecule has 180 valence electrons. The van der Waals surface area contributed by atoms with Crippen molar-refractivity contribution in [3.63, 3.8) is 0 Å². The van der Waals surface area contributed by atoms with Crippen molar-refractivity contribution >= 4 is 68.0 Å². The Morgan fingerprint density at radius 1 is 1.06 bits per heavy atom. The Balaban J connectivity index is 1.82. The third-order valence-electron chi connectivity index (χ3n) is 5.03. The first-order valence-corrected chi connectivity index (χ1v) is 13.0. The van der Waals surface area contributed by atoms with E-state index in [1.807, 2.05) is 0 Å². The number of morpholine rings is 1. The number of ether oxygens (including phenoxy) is 1. The number of anilines is 1. The lowest BCUT2D eigenvalue weighted by molar-refractivity contribution is -0.114. The maximum absolute atomic E-state index is 13.4. The van der Waals surface area contributed by atoms with Crippen molar-refractivity contribution in [2.75, 3.05) is 31.6 Å². The second-order valence-corrected chi connectivity index (χ2v) is 11.0. The Kier molecular flexibility index (Phi) is 7.73. The zero-order chi connectivity index (χ0) is 24.5. The molecule has 0 spiro atoms. The summed E-state index contributed by atoms with van der Waals surface area (Å²) in [5, 5.41) is 7.27. The van der Waals surface area contributed by atoms with E-state index in [1.165, 1.54) is 28.6 Å². The monoisotopic (exact) mass is 563 g/mol. The molecule has 13 heteroatoms. The number of alkyl halides is 2. The van der Waals surface area contributed by atoms with Gasteiger partial charge in [-0.2, -0.15) is 4.31 Å². The summed E-state index contributed by atoms with van der Waals surface area (Å²) in [5.41, 5.74) is 1.19. The average Bonchev–Trinajstić information content (AvgIpc) is 3.29. The zero-order valence-electron chi connectivity index (χ0n) is 17.3. The van der Waals surface area contributed by atoms with Gasteiger partial charge in [-0.15, -0.1) is 0 Å². The van der Waals surface area contributed by atoms with Crippen LogP contribution in [0, 0.1) is 0 Å². The third kappa shape index (κ3) is 5.21. The standard InChI is InChI=1S/C21H17Cl4N3O5S/c22-14-2-1-3-15(23)19(14)16-11-17(33-27-16)13-10-12(26-21(29)20(24)25)4-5-18(13)34(30,31)28-6-8-32-9-7-28/h1-5,10-11,20H,6-9H2,(H,26,29). The summed E-state index contributed by atoms with van der Waals surface area (Å²) in [7, 11) is -3.93. The summed E-state index contributed by atoms with van der Waals surface area (Å²) in [6.07, 6.45) is 0. The minimum Gasteiger partial charge on any atom is -0.379 e. The maximum Gasteiger partial charge on any atom is 0.257 e. The van der Waals surface area contributed by atoms with Crippen LogP contribution in [0.2, 0.25) is 10.0 Å². The molecule has 1 aromatic heterocycles. The molecule has 1 saturated heterocycles. The van der Waals surface area contributed by atoms with Crippen LogP contribution in [0.15, 0.2) is 51.9 Å². The van der Waals surface area contributed by atoms with Gasteiger partial charge in [0.05, 0.1) is 28.2 Å². The number of carbonyl (C=O) groups is 1. The van der Waals surface area contributed by atoms with Crippen molar-refractivity contribution in [1.82, 2.24) is 9.46 Å². The van der Waals surface area contributed by atoms with Crippen LogP contribution in [0.1, 0.15) is 0 Å². The van der Waals surface area contributed by atoms with E-state index in [-0.39, 0.29) is 48.2 Å². The molecule has 4 rings (SSSR count). The van der Waals surface area contributed by atoms with Crippen LogP contribution in [0.5, 0.6) is 0 Å². The first-order chi connectivity index (χ1) is 16.2. The Morgan fingerprint density at radius 3 is 2.38 bits per heavy atom. The quantitative estimate of drug-likeness (QED) is 0.419. The molecular weight excluding hydrogens is 548 g/mol. The van der Waals surface area contributed by atoms with Crippen molar-refractivity contribution in [3.8, 4) is 22.6 Å². The molecule has 2 aromatic carbocycles. The number of rotatable bonds is 6. The van der Waals surface area contributed by atoms with Gasteiger partial charge in [0.15, 0.2) is 10.6 Å². The number of carbonyl (C=O) groups excluding carboxylic acids is 1. The summed E-state index contributed by atoms with van der Waals surface area (Å²) in [6, 6.07) is 10.8. The van der Waals surface area contributed by atoms with Crippen molar-refractivity contribution in [2.45, 2.75) is 9.73 Å². The first kappa shape index (κ1) is 25.2. The van der Waals surface area contributed by atoms with Gasteiger partial charge in [0.25, 0.3) is 5.91 Å². The smallest absolute Gasteiger partial charge is 0.257 e. The molecule has 1 aliphatic heterocycles. The molecule has 34 heavy (non-hydrogen) atoms. The first-order valence-electron chi connectivity index (χ1n) is 9.91. The number of nitrogens with one attached hydrogen (secondary N) is 1. The minimum absolute atomic E-state index is 0.0337. The predicted molar refractivity (Wildman–Crippen MR) is 131 cm³/mol. The van der Waals surface area contributed by atoms with Crippen LogP contribution in [-0.2, 0) is 19.6 Å². The second kappa shape index (κ2) is 10.4. The van der Waals surface area contributed by atoms with E-state index in [9.17, 15) is 13.2 Å². The van der Waals surface area contributed by atoms with Crippen molar-refractivity contribution in [3.05, 3.63) is 52.5 Å². The number of benzene rings is 2. The van der Waals surface area contributed by atoms with E-state index >= 15 is 0 Å². The normalized spacial score (nSPS) is 15.0. The predicted octanol–water partition coefficient (Wildman–Crippen LogP) is 5.08. The molecule has 1 N–H and O–H groups in total. The Hall–Kier alpha value is -1.85. The summed E-state index contributed by atoms with van der Waals surface area (Å²) in [6.45, 7) is 0.981. The van der Waals surface area contributed by atoms with Crippen molar-refractivity contribution < 1.29 is 22.5 Å². The molecule has 0 radical (unpaired) electrons.